The average Bonchev–Trinajstić information content (AvgIpc) is 3.01. The standard InChI is InChI=1S/C11H14N4O4S/c1-20-11-13-9-8(10(18)14-11)12-4-15(9)7-2-5(17)6(3-16)19-7/h4-7,16-17H,2-3H2,1H3,(H,13,14,18)/t5-,6+,7+/m1/s1. The number of H-pyrrole nitrogens is 1. The van der Waals surface area contributed by atoms with Crippen molar-refractivity contribution in [2.45, 2.75) is 30.0 Å². The predicted molar refractivity (Wildman–Crippen MR) is 71.5 cm³/mol. The number of thioether (sulfide) groups is 1. The first-order valence-electron chi connectivity index (χ1n) is 6.09. The highest BCUT2D eigenvalue weighted by Gasteiger charge is 2.35. The molecule has 0 saturated carbocycles. The molecule has 0 bridgehead atoms. The zero-order chi connectivity index (χ0) is 14.3. The number of rotatable bonds is 3. The summed E-state index contributed by atoms with van der Waals surface area (Å²) < 4.78 is 7.17. The third-order valence-corrected chi connectivity index (χ3v) is 3.88. The average molecular weight is 298 g/mol. The Morgan fingerprint density at radius 2 is 2.45 bits per heavy atom. The molecule has 3 atom stereocenters. The van der Waals surface area contributed by atoms with Gasteiger partial charge < -0.3 is 14.9 Å². The van der Waals surface area contributed by atoms with Crippen LogP contribution in [0.3, 0.4) is 0 Å². The van der Waals surface area contributed by atoms with Crippen molar-refractivity contribution in [3.8, 4) is 0 Å². The quantitative estimate of drug-likeness (QED) is 0.516. The summed E-state index contributed by atoms with van der Waals surface area (Å²) in [5.74, 6) is 0. The Labute approximate surface area is 117 Å². The third kappa shape index (κ3) is 2.12. The highest BCUT2D eigenvalue weighted by molar-refractivity contribution is 7.98. The van der Waals surface area contributed by atoms with Crippen molar-refractivity contribution in [3.63, 3.8) is 0 Å². The highest BCUT2D eigenvalue weighted by atomic mass is 32.2. The summed E-state index contributed by atoms with van der Waals surface area (Å²) >= 11 is 1.32. The van der Waals surface area contributed by atoms with Crippen molar-refractivity contribution in [1.82, 2.24) is 19.5 Å². The fraction of sp³-hybridized carbons (Fsp3) is 0.545. The van der Waals surface area contributed by atoms with Crippen molar-refractivity contribution in [2.24, 2.45) is 0 Å². The van der Waals surface area contributed by atoms with Crippen LogP contribution in [-0.4, -0.2) is 54.8 Å². The molecule has 0 unspecified atom stereocenters. The Bertz CT molecular complexity index is 685. The molecule has 1 aliphatic rings. The van der Waals surface area contributed by atoms with E-state index in [0.717, 1.165) is 0 Å². The molecule has 0 amide bonds. The van der Waals surface area contributed by atoms with Crippen LogP contribution >= 0.6 is 11.8 Å². The second-order valence-electron chi connectivity index (χ2n) is 4.51. The number of hydrogen-bond donors (Lipinski definition) is 3. The van der Waals surface area contributed by atoms with Crippen LogP contribution in [0.15, 0.2) is 16.3 Å². The van der Waals surface area contributed by atoms with Gasteiger partial charge in [0, 0.05) is 6.42 Å². The lowest BCUT2D eigenvalue weighted by Crippen LogP contribution is -2.24. The predicted octanol–water partition coefficient (Wildman–Crippen LogP) is -0.518. The molecule has 3 rings (SSSR count). The van der Waals surface area contributed by atoms with E-state index in [1.54, 1.807) is 4.57 Å². The first kappa shape index (κ1) is 13.6. The summed E-state index contributed by atoms with van der Waals surface area (Å²) in [6.45, 7) is -0.256. The molecule has 3 heterocycles. The van der Waals surface area contributed by atoms with E-state index in [1.807, 2.05) is 6.26 Å². The van der Waals surface area contributed by atoms with E-state index in [2.05, 4.69) is 15.0 Å². The molecular weight excluding hydrogens is 284 g/mol. The molecule has 3 N–H and O–H groups in total. The lowest BCUT2D eigenvalue weighted by Gasteiger charge is -2.13. The molecule has 20 heavy (non-hydrogen) atoms. The number of fused-ring (bicyclic) bond motifs is 1. The fourth-order valence-electron chi connectivity index (χ4n) is 2.26. The Kier molecular flexibility index (Phi) is 3.50. The highest BCUT2D eigenvalue weighted by Crippen LogP contribution is 2.30. The topological polar surface area (TPSA) is 113 Å². The van der Waals surface area contributed by atoms with Gasteiger partial charge in [0.2, 0.25) is 0 Å². The number of hydrogen-bond acceptors (Lipinski definition) is 7. The second kappa shape index (κ2) is 5.17. The SMILES string of the molecule is CSc1nc2c(ncn2[C@@H]2C[C@@H](O)[C@H](CO)O2)c(=O)[nH]1. The number of aromatic nitrogens is 4. The van der Waals surface area contributed by atoms with Gasteiger partial charge in [0.15, 0.2) is 16.3 Å². The Balaban J connectivity index is 2.05. The number of aliphatic hydroxyl groups is 2. The van der Waals surface area contributed by atoms with Crippen LogP contribution in [-0.2, 0) is 4.74 Å². The van der Waals surface area contributed by atoms with Crippen LogP contribution in [0.1, 0.15) is 12.6 Å². The second-order valence-corrected chi connectivity index (χ2v) is 5.31. The van der Waals surface area contributed by atoms with Crippen LogP contribution in [0.4, 0.5) is 0 Å². The largest absolute Gasteiger partial charge is 0.394 e. The van der Waals surface area contributed by atoms with Gasteiger partial charge in [-0.3, -0.25) is 14.3 Å². The zero-order valence-electron chi connectivity index (χ0n) is 10.7. The number of imidazole rings is 1. The van der Waals surface area contributed by atoms with E-state index in [-0.39, 0.29) is 17.7 Å². The van der Waals surface area contributed by atoms with Crippen LogP contribution in [0.2, 0.25) is 0 Å². The summed E-state index contributed by atoms with van der Waals surface area (Å²) in [4.78, 5) is 22.8. The van der Waals surface area contributed by atoms with E-state index in [0.29, 0.717) is 17.2 Å². The molecule has 1 aliphatic heterocycles. The normalized spacial score (nSPS) is 26.4. The van der Waals surface area contributed by atoms with E-state index in [9.17, 15) is 9.90 Å². The minimum Gasteiger partial charge on any atom is -0.394 e. The fourth-order valence-corrected chi connectivity index (χ4v) is 2.64. The Morgan fingerprint density at radius 3 is 3.10 bits per heavy atom. The first-order valence-corrected chi connectivity index (χ1v) is 7.31. The van der Waals surface area contributed by atoms with Crippen molar-refractivity contribution in [2.75, 3.05) is 12.9 Å². The molecule has 1 fully saturated rings. The Hall–Kier alpha value is -1.42. The molecule has 1 saturated heterocycles. The smallest absolute Gasteiger partial charge is 0.279 e. The van der Waals surface area contributed by atoms with Gasteiger partial charge in [-0.15, -0.1) is 0 Å². The summed E-state index contributed by atoms with van der Waals surface area (Å²) in [6, 6.07) is 0. The van der Waals surface area contributed by atoms with Crippen LogP contribution < -0.4 is 5.56 Å². The lowest BCUT2D eigenvalue weighted by molar-refractivity contribution is -0.0432. The molecule has 0 aromatic carbocycles. The maximum atomic E-state index is 11.9. The van der Waals surface area contributed by atoms with Gasteiger partial charge in [-0.05, 0) is 6.26 Å². The number of aliphatic hydroxyl groups excluding tert-OH is 2. The molecule has 8 nitrogen and oxygen atoms in total. The third-order valence-electron chi connectivity index (χ3n) is 3.30. The van der Waals surface area contributed by atoms with E-state index in [4.69, 9.17) is 9.84 Å². The zero-order valence-corrected chi connectivity index (χ0v) is 11.5. The molecule has 0 spiro atoms. The van der Waals surface area contributed by atoms with Gasteiger partial charge in [-0.1, -0.05) is 11.8 Å². The Morgan fingerprint density at radius 1 is 1.65 bits per heavy atom. The molecule has 108 valence electrons. The lowest BCUT2D eigenvalue weighted by atomic mass is 10.2. The molecular formula is C11H14N4O4S. The van der Waals surface area contributed by atoms with Crippen molar-refractivity contribution >= 4 is 22.9 Å². The number of ether oxygens (including phenoxy) is 1. The summed E-state index contributed by atoms with van der Waals surface area (Å²) in [7, 11) is 0. The van der Waals surface area contributed by atoms with E-state index >= 15 is 0 Å². The molecule has 0 radical (unpaired) electrons. The van der Waals surface area contributed by atoms with Crippen LogP contribution in [0, 0.1) is 0 Å². The van der Waals surface area contributed by atoms with Gasteiger partial charge in [0.25, 0.3) is 5.56 Å². The molecule has 9 heteroatoms. The van der Waals surface area contributed by atoms with Crippen molar-refractivity contribution in [1.29, 1.82) is 0 Å². The van der Waals surface area contributed by atoms with Gasteiger partial charge in [0.05, 0.1) is 19.0 Å². The van der Waals surface area contributed by atoms with E-state index in [1.165, 1.54) is 18.1 Å². The summed E-state index contributed by atoms with van der Waals surface area (Å²) in [6.07, 6.45) is 1.73. The van der Waals surface area contributed by atoms with Gasteiger partial charge in [0.1, 0.15) is 12.3 Å². The minimum atomic E-state index is -0.746. The molecule has 2 aromatic rings. The number of aromatic amines is 1. The molecule has 0 aliphatic carbocycles. The maximum absolute atomic E-state index is 11.9. The maximum Gasteiger partial charge on any atom is 0.279 e. The van der Waals surface area contributed by atoms with E-state index < -0.39 is 18.4 Å². The summed E-state index contributed by atoms with van der Waals surface area (Å²) in [5.41, 5.74) is 0.331. The van der Waals surface area contributed by atoms with Crippen molar-refractivity contribution in [3.05, 3.63) is 16.7 Å². The van der Waals surface area contributed by atoms with Gasteiger partial charge >= 0.3 is 0 Å². The van der Waals surface area contributed by atoms with Gasteiger partial charge in [-0.25, -0.2) is 9.97 Å². The number of nitrogens with zero attached hydrogens (tertiary/aromatic N) is 3. The van der Waals surface area contributed by atoms with Gasteiger partial charge in [-0.2, -0.15) is 0 Å². The van der Waals surface area contributed by atoms with Crippen LogP contribution in [0.5, 0.6) is 0 Å². The van der Waals surface area contributed by atoms with Crippen molar-refractivity contribution < 1.29 is 14.9 Å². The minimum absolute atomic E-state index is 0.230. The number of nitrogens with one attached hydrogen (secondary N) is 1. The molecule has 2 aromatic heterocycles. The summed E-state index contributed by atoms with van der Waals surface area (Å²) in [5, 5.41) is 19.4. The van der Waals surface area contributed by atoms with Crippen LogP contribution in [0.25, 0.3) is 11.2 Å². The monoisotopic (exact) mass is 298 g/mol. The first-order chi connectivity index (χ1) is 9.63.